The highest BCUT2D eigenvalue weighted by Crippen LogP contribution is 2.21. The summed E-state index contributed by atoms with van der Waals surface area (Å²) in [5.74, 6) is 0.0643. The summed E-state index contributed by atoms with van der Waals surface area (Å²) in [7, 11) is 1.53. The SMILES string of the molecule is Cc1cc(Cl)ccc1-n1c(C)nc2ccc(C(=O)c3c[nH]n(C)c3=O)cc2c1=O. The molecular weight excluding hydrogens is 392 g/mol. The molecular formula is C21H17ClN4O3. The number of nitrogens with one attached hydrogen (secondary N) is 1. The van der Waals surface area contributed by atoms with Gasteiger partial charge < -0.3 is 5.10 Å². The van der Waals surface area contributed by atoms with Crippen LogP contribution >= 0.6 is 11.6 Å². The van der Waals surface area contributed by atoms with Gasteiger partial charge in [0.15, 0.2) is 5.78 Å². The third-order valence-electron chi connectivity index (χ3n) is 4.88. The Morgan fingerprint density at radius 3 is 2.48 bits per heavy atom. The van der Waals surface area contributed by atoms with Crippen LogP contribution in [0.3, 0.4) is 0 Å². The normalized spacial score (nSPS) is 11.2. The molecule has 0 unspecified atom stereocenters. The van der Waals surface area contributed by atoms with Crippen LogP contribution in [0.15, 0.2) is 52.2 Å². The molecule has 0 atom stereocenters. The summed E-state index contributed by atoms with van der Waals surface area (Å²) >= 11 is 6.04. The first kappa shape index (κ1) is 18.9. The van der Waals surface area contributed by atoms with Crippen molar-refractivity contribution in [3.63, 3.8) is 0 Å². The molecule has 0 spiro atoms. The molecule has 1 N–H and O–H groups in total. The van der Waals surface area contributed by atoms with Crippen LogP contribution in [-0.4, -0.2) is 25.1 Å². The van der Waals surface area contributed by atoms with Gasteiger partial charge in [-0.25, -0.2) is 4.98 Å². The van der Waals surface area contributed by atoms with E-state index in [1.807, 2.05) is 6.92 Å². The van der Waals surface area contributed by atoms with Gasteiger partial charge in [0.05, 0.1) is 16.6 Å². The van der Waals surface area contributed by atoms with E-state index in [0.717, 1.165) is 5.56 Å². The number of benzene rings is 2. The standard InChI is InChI=1S/C21H17ClN4O3/c1-11-8-14(22)5-7-18(11)26-12(2)24-17-6-4-13(9-15(17)21(26)29)19(27)16-10-23-25(3)20(16)28/h4-10,23H,1-3H3. The van der Waals surface area contributed by atoms with Crippen LogP contribution in [0.4, 0.5) is 0 Å². The lowest BCUT2D eigenvalue weighted by molar-refractivity contribution is 0.103. The molecule has 0 aliphatic rings. The summed E-state index contributed by atoms with van der Waals surface area (Å²) in [6, 6.07) is 9.92. The minimum absolute atomic E-state index is 0.0146. The average molecular weight is 409 g/mol. The molecule has 29 heavy (non-hydrogen) atoms. The second-order valence-corrected chi connectivity index (χ2v) is 7.28. The van der Waals surface area contributed by atoms with Crippen molar-refractivity contribution in [1.82, 2.24) is 19.3 Å². The topological polar surface area (TPSA) is 89.8 Å². The molecule has 0 aliphatic heterocycles. The van der Waals surface area contributed by atoms with Gasteiger partial charge in [0.25, 0.3) is 11.1 Å². The molecule has 2 aromatic heterocycles. The Bertz CT molecular complexity index is 1410. The minimum atomic E-state index is -0.456. The third-order valence-corrected chi connectivity index (χ3v) is 5.12. The maximum atomic E-state index is 13.3. The molecule has 0 saturated heterocycles. The quantitative estimate of drug-likeness (QED) is 0.528. The first-order valence-electron chi connectivity index (χ1n) is 8.87. The van der Waals surface area contributed by atoms with Crippen molar-refractivity contribution >= 4 is 28.3 Å². The highest BCUT2D eigenvalue weighted by Gasteiger charge is 2.18. The van der Waals surface area contributed by atoms with E-state index in [4.69, 9.17) is 11.6 Å². The van der Waals surface area contributed by atoms with Gasteiger partial charge in [-0.15, -0.1) is 0 Å². The first-order chi connectivity index (χ1) is 13.8. The number of ketones is 1. The van der Waals surface area contributed by atoms with Crippen molar-refractivity contribution in [2.75, 3.05) is 0 Å². The number of hydrogen-bond donors (Lipinski definition) is 1. The number of H-pyrrole nitrogens is 1. The lowest BCUT2D eigenvalue weighted by atomic mass is 10.0. The van der Waals surface area contributed by atoms with Gasteiger partial charge in [-0.1, -0.05) is 11.6 Å². The Morgan fingerprint density at radius 1 is 1.07 bits per heavy atom. The predicted octanol–water partition coefficient (Wildman–Crippen LogP) is 2.91. The van der Waals surface area contributed by atoms with Crippen molar-refractivity contribution in [2.45, 2.75) is 13.8 Å². The van der Waals surface area contributed by atoms with Crippen LogP contribution in [0.5, 0.6) is 0 Å². The zero-order chi connectivity index (χ0) is 20.9. The number of rotatable bonds is 3. The molecule has 8 heteroatoms. The first-order valence-corrected chi connectivity index (χ1v) is 9.25. The maximum Gasteiger partial charge on any atom is 0.277 e. The number of aryl methyl sites for hydroxylation is 3. The molecule has 4 aromatic rings. The smallest absolute Gasteiger partial charge is 0.277 e. The molecule has 0 radical (unpaired) electrons. The minimum Gasteiger partial charge on any atom is -0.302 e. The fourth-order valence-corrected chi connectivity index (χ4v) is 3.60. The van der Waals surface area contributed by atoms with E-state index < -0.39 is 11.3 Å². The Labute approximate surface area is 170 Å². The average Bonchev–Trinajstić information content (AvgIpc) is 3.01. The van der Waals surface area contributed by atoms with Gasteiger partial charge in [-0.2, -0.15) is 0 Å². The monoisotopic (exact) mass is 408 g/mol. The van der Waals surface area contributed by atoms with E-state index in [0.29, 0.717) is 27.4 Å². The van der Waals surface area contributed by atoms with Gasteiger partial charge in [-0.05, 0) is 55.8 Å². The van der Waals surface area contributed by atoms with E-state index in [9.17, 15) is 14.4 Å². The summed E-state index contributed by atoms with van der Waals surface area (Å²) in [5, 5.41) is 3.55. The van der Waals surface area contributed by atoms with Crippen LogP contribution < -0.4 is 11.1 Å². The fraction of sp³-hybridized carbons (Fsp3) is 0.143. The van der Waals surface area contributed by atoms with Crippen molar-refractivity contribution in [3.8, 4) is 5.69 Å². The van der Waals surface area contributed by atoms with Gasteiger partial charge in [0.2, 0.25) is 0 Å². The molecule has 0 amide bonds. The maximum absolute atomic E-state index is 13.3. The number of aromatic nitrogens is 4. The second-order valence-electron chi connectivity index (χ2n) is 6.84. The van der Waals surface area contributed by atoms with E-state index in [-0.39, 0.29) is 16.7 Å². The summed E-state index contributed by atoms with van der Waals surface area (Å²) < 4.78 is 2.72. The Kier molecular flexibility index (Phi) is 4.47. The molecule has 0 saturated carbocycles. The number of aromatic amines is 1. The Morgan fingerprint density at radius 2 is 1.83 bits per heavy atom. The predicted molar refractivity (Wildman–Crippen MR) is 111 cm³/mol. The zero-order valence-electron chi connectivity index (χ0n) is 16.0. The second kappa shape index (κ2) is 6.86. The van der Waals surface area contributed by atoms with Crippen LogP contribution in [0.25, 0.3) is 16.6 Å². The number of fused-ring (bicyclic) bond motifs is 1. The number of carbonyl (C=O) groups is 1. The molecule has 2 heterocycles. The largest absolute Gasteiger partial charge is 0.302 e. The van der Waals surface area contributed by atoms with Crippen molar-refractivity contribution in [3.05, 3.63) is 90.8 Å². The number of carbonyl (C=O) groups excluding carboxylic acids is 1. The van der Waals surface area contributed by atoms with Gasteiger partial charge in [0.1, 0.15) is 11.4 Å². The van der Waals surface area contributed by atoms with Gasteiger partial charge >= 0.3 is 0 Å². The molecule has 4 rings (SSSR count). The number of halogens is 1. The summed E-state index contributed by atoms with van der Waals surface area (Å²) in [5.41, 5.74) is 1.52. The highest BCUT2D eigenvalue weighted by molar-refractivity contribution is 6.30. The summed E-state index contributed by atoms with van der Waals surface area (Å²) in [4.78, 5) is 42.7. The van der Waals surface area contributed by atoms with E-state index in [1.54, 1.807) is 37.3 Å². The van der Waals surface area contributed by atoms with Crippen molar-refractivity contribution in [1.29, 1.82) is 0 Å². The van der Waals surface area contributed by atoms with E-state index in [2.05, 4.69) is 10.1 Å². The molecule has 0 aliphatic carbocycles. The molecule has 0 bridgehead atoms. The van der Waals surface area contributed by atoms with E-state index in [1.165, 1.54) is 28.6 Å². The highest BCUT2D eigenvalue weighted by atomic mass is 35.5. The Balaban J connectivity index is 1.93. The summed E-state index contributed by atoms with van der Waals surface area (Å²) in [6.07, 6.45) is 1.36. The lowest BCUT2D eigenvalue weighted by Crippen LogP contribution is -2.23. The van der Waals surface area contributed by atoms with Crippen LogP contribution in [0.2, 0.25) is 5.02 Å². The molecule has 7 nitrogen and oxygen atoms in total. The number of nitrogens with zero attached hydrogens (tertiary/aromatic N) is 3. The van der Waals surface area contributed by atoms with Crippen molar-refractivity contribution < 1.29 is 4.79 Å². The fourth-order valence-electron chi connectivity index (χ4n) is 3.37. The van der Waals surface area contributed by atoms with Gasteiger partial charge in [-0.3, -0.25) is 23.6 Å². The zero-order valence-corrected chi connectivity index (χ0v) is 16.7. The third kappa shape index (κ3) is 3.09. The molecule has 146 valence electrons. The Hall–Kier alpha value is -3.45. The van der Waals surface area contributed by atoms with Crippen LogP contribution in [-0.2, 0) is 7.05 Å². The molecule has 2 aromatic carbocycles. The van der Waals surface area contributed by atoms with E-state index >= 15 is 0 Å². The van der Waals surface area contributed by atoms with Gasteiger partial charge in [0, 0.05) is 23.8 Å². The molecule has 0 fully saturated rings. The summed E-state index contributed by atoms with van der Waals surface area (Å²) in [6.45, 7) is 3.61. The number of hydrogen-bond acceptors (Lipinski definition) is 4. The van der Waals surface area contributed by atoms with Crippen LogP contribution in [0, 0.1) is 13.8 Å². The lowest BCUT2D eigenvalue weighted by Gasteiger charge is -2.14. The van der Waals surface area contributed by atoms with Crippen molar-refractivity contribution in [2.24, 2.45) is 7.05 Å². The van der Waals surface area contributed by atoms with Crippen LogP contribution in [0.1, 0.15) is 27.3 Å².